The molecule has 1 aliphatic heterocycles. The third kappa shape index (κ3) is 5.05. The summed E-state index contributed by atoms with van der Waals surface area (Å²) < 4.78 is 11.2. The van der Waals surface area contributed by atoms with Crippen molar-refractivity contribution < 1.29 is 14.3 Å². The van der Waals surface area contributed by atoms with E-state index in [9.17, 15) is 4.79 Å². The van der Waals surface area contributed by atoms with Crippen molar-refractivity contribution in [2.24, 2.45) is 0 Å². The highest BCUT2D eigenvalue weighted by atomic mass is 35.5. The summed E-state index contributed by atoms with van der Waals surface area (Å²) in [6.07, 6.45) is 0.329. The lowest BCUT2D eigenvalue weighted by molar-refractivity contribution is 0.0220. The zero-order valence-corrected chi connectivity index (χ0v) is 17.1. The van der Waals surface area contributed by atoms with E-state index in [1.54, 1.807) is 11.0 Å². The molecule has 0 unspecified atom stereocenters. The van der Waals surface area contributed by atoms with Crippen molar-refractivity contribution in [2.75, 3.05) is 6.54 Å². The number of rotatable bonds is 3. The van der Waals surface area contributed by atoms with Crippen molar-refractivity contribution in [3.8, 4) is 5.88 Å². The SMILES string of the molecule is CC(C)(C)OC(=O)N1CCc2cc(Cl)c(OCc3ccccc3Cl)nc2C1. The molecule has 27 heavy (non-hydrogen) atoms. The minimum atomic E-state index is -0.534. The second-order valence-corrected chi connectivity index (χ2v) is 8.23. The number of carbonyl (C=O) groups is 1. The minimum Gasteiger partial charge on any atom is -0.472 e. The molecule has 3 rings (SSSR count). The molecule has 0 spiro atoms. The molecule has 0 aliphatic carbocycles. The molecular formula is C20H22Cl2N2O3. The van der Waals surface area contributed by atoms with Gasteiger partial charge < -0.3 is 14.4 Å². The predicted octanol–water partition coefficient (Wildman–Crippen LogP) is 5.26. The molecule has 1 aromatic heterocycles. The average Bonchev–Trinajstić information content (AvgIpc) is 2.59. The predicted molar refractivity (Wildman–Crippen MR) is 105 cm³/mol. The molecule has 2 aromatic rings. The van der Waals surface area contributed by atoms with Crippen LogP contribution in [0.3, 0.4) is 0 Å². The van der Waals surface area contributed by atoms with Gasteiger partial charge in [0.15, 0.2) is 0 Å². The van der Waals surface area contributed by atoms with Gasteiger partial charge in [-0.1, -0.05) is 41.4 Å². The maximum absolute atomic E-state index is 12.3. The van der Waals surface area contributed by atoms with Crippen LogP contribution in [0.2, 0.25) is 10.0 Å². The monoisotopic (exact) mass is 408 g/mol. The smallest absolute Gasteiger partial charge is 0.410 e. The van der Waals surface area contributed by atoms with Crippen molar-refractivity contribution in [2.45, 2.75) is 45.9 Å². The fraction of sp³-hybridized carbons (Fsp3) is 0.400. The maximum atomic E-state index is 12.3. The Balaban J connectivity index is 1.73. The Morgan fingerprint density at radius 1 is 1.22 bits per heavy atom. The van der Waals surface area contributed by atoms with Crippen LogP contribution in [-0.4, -0.2) is 28.1 Å². The molecular weight excluding hydrogens is 387 g/mol. The molecule has 2 heterocycles. The lowest BCUT2D eigenvalue weighted by Gasteiger charge is -2.31. The molecule has 1 aromatic carbocycles. The molecule has 7 heteroatoms. The van der Waals surface area contributed by atoms with Crippen LogP contribution < -0.4 is 4.74 Å². The van der Waals surface area contributed by atoms with Crippen LogP contribution in [0.25, 0.3) is 0 Å². The first kappa shape index (κ1) is 19.8. The first-order valence-electron chi connectivity index (χ1n) is 8.75. The third-order valence-electron chi connectivity index (χ3n) is 4.08. The molecule has 144 valence electrons. The van der Waals surface area contributed by atoms with E-state index in [-0.39, 0.29) is 12.7 Å². The van der Waals surface area contributed by atoms with Crippen molar-refractivity contribution >= 4 is 29.3 Å². The topological polar surface area (TPSA) is 51.7 Å². The van der Waals surface area contributed by atoms with E-state index in [0.29, 0.717) is 35.4 Å². The van der Waals surface area contributed by atoms with Crippen LogP contribution in [-0.2, 0) is 24.3 Å². The minimum absolute atomic E-state index is 0.265. The van der Waals surface area contributed by atoms with E-state index < -0.39 is 5.60 Å². The fourth-order valence-corrected chi connectivity index (χ4v) is 3.18. The highest BCUT2D eigenvalue weighted by Gasteiger charge is 2.27. The number of hydrogen-bond acceptors (Lipinski definition) is 4. The Hall–Kier alpha value is -1.98. The lowest BCUT2D eigenvalue weighted by atomic mass is 10.1. The van der Waals surface area contributed by atoms with Gasteiger partial charge in [-0.2, -0.15) is 0 Å². The van der Waals surface area contributed by atoms with E-state index in [0.717, 1.165) is 16.8 Å². The highest BCUT2D eigenvalue weighted by Crippen LogP contribution is 2.30. The van der Waals surface area contributed by atoms with E-state index in [1.165, 1.54) is 0 Å². The summed E-state index contributed by atoms with van der Waals surface area (Å²) in [5.74, 6) is 0.335. The number of nitrogens with zero attached hydrogens (tertiary/aromatic N) is 2. The van der Waals surface area contributed by atoms with Gasteiger partial charge in [-0.25, -0.2) is 9.78 Å². The van der Waals surface area contributed by atoms with Gasteiger partial charge in [-0.3, -0.25) is 0 Å². The lowest BCUT2D eigenvalue weighted by Crippen LogP contribution is -2.40. The zero-order chi connectivity index (χ0) is 19.6. The molecule has 0 saturated carbocycles. The number of ether oxygens (including phenoxy) is 2. The first-order chi connectivity index (χ1) is 12.7. The number of aromatic nitrogens is 1. The normalized spacial score (nSPS) is 13.9. The van der Waals surface area contributed by atoms with E-state index >= 15 is 0 Å². The summed E-state index contributed by atoms with van der Waals surface area (Å²) in [7, 11) is 0. The molecule has 0 radical (unpaired) electrons. The van der Waals surface area contributed by atoms with Crippen LogP contribution >= 0.6 is 23.2 Å². The highest BCUT2D eigenvalue weighted by molar-refractivity contribution is 6.32. The maximum Gasteiger partial charge on any atom is 0.410 e. The molecule has 0 atom stereocenters. The summed E-state index contributed by atoms with van der Waals surface area (Å²) in [5.41, 5.74) is 2.11. The van der Waals surface area contributed by atoms with Crippen LogP contribution in [0.15, 0.2) is 30.3 Å². The first-order valence-corrected chi connectivity index (χ1v) is 9.51. The number of pyridine rings is 1. The summed E-state index contributed by atoms with van der Waals surface area (Å²) in [6, 6.07) is 9.31. The largest absolute Gasteiger partial charge is 0.472 e. The summed E-state index contributed by atoms with van der Waals surface area (Å²) in [4.78, 5) is 18.5. The van der Waals surface area contributed by atoms with Crippen LogP contribution in [0.1, 0.15) is 37.6 Å². The Morgan fingerprint density at radius 2 is 1.96 bits per heavy atom. The molecule has 1 aliphatic rings. The van der Waals surface area contributed by atoms with Gasteiger partial charge in [0.2, 0.25) is 5.88 Å². The van der Waals surface area contributed by atoms with Gasteiger partial charge in [-0.05, 0) is 44.9 Å². The average molecular weight is 409 g/mol. The number of hydrogen-bond donors (Lipinski definition) is 0. The van der Waals surface area contributed by atoms with Crippen molar-refractivity contribution in [1.82, 2.24) is 9.88 Å². The van der Waals surface area contributed by atoms with Gasteiger partial charge in [0.25, 0.3) is 0 Å². The second kappa shape index (κ2) is 7.95. The molecule has 0 fully saturated rings. The second-order valence-electron chi connectivity index (χ2n) is 7.41. The Morgan fingerprint density at radius 3 is 2.67 bits per heavy atom. The van der Waals surface area contributed by atoms with E-state index in [1.807, 2.05) is 45.0 Å². The Labute approximate surface area is 169 Å². The van der Waals surface area contributed by atoms with Gasteiger partial charge >= 0.3 is 6.09 Å². The van der Waals surface area contributed by atoms with E-state index in [2.05, 4.69) is 4.98 Å². The van der Waals surface area contributed by atoms with Crippen molar-refractivity contribution in [3.05, 3.63) is 57.2 Å². The van der Waals surface area contributed by atoms with Crippen LogP contribution in [0, 0.1) is 0 Å². The van der Waals surface area contributed by atoms with Crippen molar-refractivity contribution in [3.63, 3.8) is 0 Å². The van der Waals surface area contributed by atoms with Gasteiger partial charge in [0.05, 0.1) is 12.2 Å². The number of carbonyl (C=O) groups excluding carboxylic acids is 1. The molecule has 0 saturated heterocycles. The van der Waals surface area contributed by atoms with Gasteiger partial charge in [-0.15, -0.1) is 0 Å². The Kier molecular flexibility index (Phi) is 5.82. The van der Waals surface area contributed by atoms with E-state index in [4.69, 9.17) is 32.7 Å². The van der Waals surface area contributed by atoms with Crippen molar-refractivity contribution in [1.29, 1.82) is 0 Å². The summed E-state index contributed by atoms with van der Waals surface area (Å²) >= 11 is 12.5. The third-order valence-corrected chi connectivity index (χ3v) is 4.72. The van der Waals surface area contributed by atoms with Crippen LogP contribution in [0.5, 0.6) is 5.88 Å². The standard InChI is InChI=1S/C20H22Cl2N2O3/c1-20(2,3)27-19(25)24-9-8-13-10-16(22)18(23-17(13)11-24)26-12-14-6-4-5-7-15(14)21/h4-7,10H,8-9,11-12H2,1-3H3. The zero-order valence-electron chi connectivity index (χ0n) is 15.6. The number of benzene rings is 1. The van der Waals surface area contributed by atoms with Gasteiger partial charge in [0, 0.05) is 17.1 Å². The molecule has 0 bridgehead atoms. The Bertz CT molecular complexity index is 850. The molecule has 5 nitrogen and oxygen atoms in total. The quantitative estimate of drug-likeness (QED) is 0.694. The molecule has 0 N–H and O–H groups in total. The summed E-state index contributed by atoms with van der Waals surface area (Å²) in [6.45, 7) is 6.75. The van der Waals surface area contributed by atoms with Gasteiger partial charge in [0.1, 0.15) is 17.2 Å². The number of halogens is 2. The number of amides is 1. The van der Waals surface area contributed by atoms with Crippen LogP contribution in [0.4, 0.5) is 4.79 Å². The summed E-state index contributed by atoms with van der Waals surface area (Å²) in [5, 5.41) is 1.08. The number of fused-ring (bicyclic) bond motifs is 1. The fourth-order valence-electron chi connectivity index (χ4n) is 2.76. The molecule has 1 amide bonds.